The molecule has 0 atom stereocenters. The van der Waals surface area contributed by atoms with Gasteiger partial charge in [-0.1, -0.05) is 17.7 Å². The van der Waals surface area contributed by atoms with E-state index < -0.39 is 4.92 Å². The van der Waals surface area contributed by atoms with Crippen LogP contribution in [0.15, 0.2) is 18.2 Å². The summed E-state index contributed by atoms with van der Waals surface area (Å²) in [5, 5.41) is 14.4. The molecule has 1 aromatic carbocycles. The Morgan fingerprint density at radius 3 is 2.82 bits per heavy atom. The Kier molecular flexibility index (Phi) is 3.49. The molecule has 0 aromatic heterocycles. The van der Waals surface area contributed by atoms with E-state index in [1.165, 1.54) is 6.07 Å². The predicted molar refractivity (Wildman–Crippen MR) is 72.1 cm³/mol. The second-order valence-corrected chi connectivity index (χ2v) is 5.81. The van der Waals surface area contributed by atoms with Crippen LogP contribution in [0.2, 0.25) is 5.02 Å². The molecule has 92 valence electrons. The lowest BCUT2D eigenvalue weighted by atomic mass is 10.2. The third kappa shape index (κ3) is 2.66. The largest absolute Gasteiger partial charge is 0.377 e. The molecule has 1 aromatic rings. The molecule has 17 heavy (non-hydrogen) atoms. The molecule has 0 amide bonds. The third-order valence-electron chi connectivity index (χ3n) is 3.02. The van der Waals surface area contributed by atoms with Crippen LogP contribution in [0.3, 0.4) is 0 Å². The van der Waals surface area contributed by atoms with E-state index in [-0.39, 0.29) is 10.4 Å². The minimum Gasteiger partial charge on any atom is -0.377 e. The van der Waals surface area contributed by atoms with Gasteiger partial charge in [-0.25, -0.2) is 0 Å². The summed E-state index contributed by atoms with van der Waals surface area (Å²) in [6, 6.07) is 4.72. The molecule has 1 saturated carbocycles. The Morgan fingerprint density at radius 1 is 1.59 bits per heavy atom. The van der Waals surface area contributed by atoms with Gasteiger partial charge in [0.25, 0.3) is 5.69 Å². The molecule has 2 rings (SSSR count). The summed E-state index contributed by atoms with van der Waals surface area (Å²) in [6.07, 6.45) is 4.37. The number of hydrogen-bond acceptors (Lipinski definition) is 4. The quantitative estimate of drug-likeness (QED) is 0.658. The first-order valence-electron chi connectivity index (χ1n) is 5.30. The highest BCUT2D eigenvalue weighted by atomic mass is 35.5. The van der Waals surface area contributed by atoms with Crippen LogP contribution in [0.1, 0.15) is 12.8 Å². The van der Waals surface area contributed by atoms with Crippen molar-refractivity contribution in [3.05, 3.63) is 33.3 Å². The normalized spacial score (nSPS) is 16.6. The van der Waals surface area contributed by atoms with Crippen molar-refractivity contribution in [2.45, 2.75) is 17.6 Å². The maximum Gasteiger partial charge on any atom is 0.293 e. The van der Waals surface area contributed by atoms with E-state index in [2.05, 4.69) is 11.6 Å². The lowest BCUT2D eigenvalue weighted by Crippen LogP contribution is -2.18. The topological polar surface area (TPSA) is 55.2 Å². The summed E-state index contributed by atoms with van der Waals surface area (Å²) in [4.78, 5) is 10.5. The van der Waals surface area contributed by atoms with Gasteiger partial charge in [-0.05, 0) is 25.2 Å². The van der Waals surface area contributed by atoms with Gasteiger partial charge in [-0.15, -0.1) is 0 Å². The summed E-state index contributed by atoms with van der Waals surface area (Å²) >= 11 is 7.79. The minimum absolute atomic E-state index is 0.0365. The summed E-state index contributed by atoms with van der Waals surface area (Å²) in [5.41, 5.74) is 0.467. The molecule has 0 saturated heterocycles. The van der Waals surface area contributed by atoms with Crippen LogP contribution in [0.25, 0.3) is 0 Å². The van der Waals surface area contributed by atoms with Gasteiger partial charge in [0.15, 0.2) is 0 Å². The van der Waals surface area contributed by atoms with Crippen molar-refractivity contribution in [1.29, 1.82) is 0 Å². The maximum atomic E-state index is 10.9. The second-order valence-electron chi connectivity index (χ2n) is 4.13. The molecule has 0 heterocycles. The first kappa shape index (κ1) is 12.5. The number of nitro groups is 1. The number of benzene rings is 1. The summed E-state index contributed by atoms with van der Waals surface area (Å²) in [6.45, 7) is 0.721. The number of thioether (sulfide) groups is 1. The van der Waals surface area contributed by atoms with Crippen molar-refractivity contribution < 1.29 is 4.92 Å². The molecule has 1 fully saturated rings. The Hall–Kier alpha value is -0.940. The molecule has 4 nitrogen and oxygen atoms in total. The van der Waals surface area contributed by atoms with Crippen LogP contribution >= 0.6 is 23.4 Å². The van der Waals surface area contributed by atoms with Crippen molar-refractivity contribution in [3.63, 3.8) is 0 Å². The molecule has 0 aliphatic heterocycles. The molecule has 6 heteroatoms. The number of para-hydroxylation sites is 1. The zero-order valence-corrected chi connectivity index (χ0v) is 11.0. The SMILES string of the molecule is CSC1(CNc2c(Cl)cccc2[N+](=O)[O-])CC1. The van der Waals surface area contributed by atoms with Crippen LogP contribution in [-0.4, -0.2) is 22.5 Å². The molecule has 0 spiro atoms. The number of anilines is 1. The van der Waals surface area contributed by atoms with Crippen molar-refractivity contribution in [2.24, 2.45) is 0 Å². The summed E-state index contributed by atoms with van der Waals surface area (Å²) in [5.74, 6) is 0. The zero-order valence-electron chi connectivity index (χ0n) is 9.40. The van der Waals surface area contributed by atoms with Crippen molar-refractivity contribution in [3.8, 4) is 0 Å². The maximum absolute atomic E-state index is 10.9. The van der Waals surface area contributed by atoms with Crippen LogP contribution in [0.5, 0.6) is 0 Å². The molecule has 1 aliphatic carbocycles. The van der Waals surface area contributed by atoms with Gasteiger partial charge >= 0.3 is 0 Å². The number of rotatable bonds is 5. The average molecular weight is 273 g/mol. The van der Waals surface area contributed by atoms with Gasteiger partial charge in [-0.3, -0.25) is 10.1 Å². The Morgan fingerprint density at radius 2 is 2.29 bits per heavy atom. The summed E-state index contributed by atoms with van der Waals surface area (Å²) in [7, 11) is 0. The second kappa shape index (κ2) is 4.74. The molecule has 1 N–H and O–H groups in total. The van der Waals surface area contributed by atoms with Crippen LogP contribution in [0.4, 0.5) is 11.4 Å². The molecular weight excluding hydrogens is 260 g/mol. The predicted octanol–water partition coefficient (Wildman–Crippen LogP) is 3.56. The van der Waals surface area contributed by atoms with E-state index in [0.29, 0.717) is 10.7 Å². The van der Waals surface area contributed by atoms with E-state index in [4.69, 9.17) is 11.6 Å². The first-order chi connectivity index (χ1) is 8.08. The van der Waals surface area contributed by atoms with E-state index in [9.17, 15) is 10.1 Å². The van der Waals surface area contributed by atoms with Gasteiger partial charge < -0.3 is 5.32 Å². The van der Waals surface area contributed by atoms with Gasteiger partial charge in [0.1, 0.15) is 5.69 Å². The standard InChI is InChI=1S/C11H13ClN2O2S/c1-17-11(5-6-11)7-13-10-8(12)3-2-4-9(10)14(15)16/h2-4,13H,5-7H2,1H3. The smallest absolute Gasteiger partial charge is 0.293 e. The number of nitro benzene ring substituents is 1. The lowest BCUT2D eigenvalue weighted by Gasteiger charge is -2.14. The fourth-order valence-corrected chi connectivity index (χ4v) is 2.65. The van der Waals surface area contributed by atoms with Crippen molar-refractivity contribution >= 4 is 34.7 Å². The van der Waals surface area contributed by atoms with E-state index in [0.717, 1.165) is 19.4 Å². The fraction of sp³-hybridized carbons (Fsp3) is 0.455. The fourth-order valence-electron chi connectivity index (χ4n) is 1.68. The number of hydrogen-bond donors (Lipinski definition) is 1. The Bertz CT molecular complexity index is 449. The van der Waals surface area contributed by atoms with Crippen LogP contribution in [-0.2, 0) is 0 Å². The monoisotopic (exact) mass is 272 g/mol. The minimum atomic E-state index is -0.410. The van der Waals surface area contributed by atoms with Gasteiger partial charge in [0.2, 0.25) is 0 Å². The average Bonchev–Trinajstić information content (AvgIpc) is 3.08. The molecule has 0 radical (unpaired) electrons. The molecule has 1 aliphatic rings. The Balaban J connectivity index is 2.17. The highest BCUT2D eigenvalue weighted by molar-refractivity contribution is 8.00. The van der Waals surface area contributed by atoms with Crippen LogP contribution < -0.4 is 5.32 Å². The number of nitrogens with one attached hydrogen (secondary N) is 1. The molecular formula is C11H13ClN2O2S. The summed E-state index contributed by atoms with van der Waals surface area (Å²) < 4.78 is 0.243. The van der Waals surface area contributed by atoms with Crippen molar-refractivity contribution in [2.75, 3.05) is 18.1 Å². The van der Waals surface area contributed by atoms with E-state index in [1.54, 1.807) is 23.9 Å². The zero-order chi connectivity index (χ0) is 12.5. The van der Waals surface area contributed by atoms with E-state index in [1.807, 2.05) is 0 Å². The molecule has 0 bridgehead atoms. The van der Waals surface area contributed by atoms with Crippen molar-refractivity contribution in [1.82, 2.24) is 0 Å². The first-order valence-corrected chi connectivity index (χ1v) is 6.90. The third-order valence-corrected chi connectivity index (χ3v) is 4.75. The lowest BCUT2D eigenvalue weighted by molar-refractivity contribution is -0.383. The van der Waals surface area contributed by atoms with E-state index >= 15 is 0 Å². The highest BCUT2D eigenvalue weighted by Gasteiger charge is 2.42. The molecule has 0 unspecified atom stereocenters. The van der Waals surface area contributed by atoms with Gasteiger partial charge in [-0.2, -0.15) is 11.8 Å². The van der Waals surface area contributed by atoms with Gasteiger partial charge in [0, 0.05) is 17.4 Å². The van der Waals surface area contributed by atoms with Gasteiger partial charge in [0.05, 0.1) is 9.95 Å². The number of halogens is 1. The Labute approximate surface area is 109 Å². The number of nitrogens with zero attached hydrogens (tertiary/aromatic N) is 1. The van der Waals surface area contributed by atoms with Crippen LogP contribution in [0, 0.1) is 10.1 Å². The highest BCUT2D eigenvalue weighted by Crippen LogP contribution is 2.47.